The first kappa shape index (κ1) is 20.0. The van der Waals surface area contributed by atoms with E-state index < -0.39 is 0 Å². The number of ether oxygens (including phenoxy) is 2. The minimum atomic E-state index is -0.0361. The molecule has 1 amide bonds. The summed E-state index contributed by atoms with van der Waals surface area (Å²) in [6.07, 6.45) is 2.02. The van der Waals surface area contributed by atoms with Gasteiger partial charge in [0.05, 0.1) is 18.8 Å². The summed E-state index contributed by atoms with van der Waals surface area (Å²) < 4.78 is 11.1. The van der Waals surface area contributed by atoms with E-state index in [0.717, 1.165) is 12.0 Å². The van der Waals surface area contributed by atoms with Crippen LogP contribution in [0.5, 0.6) is 11.5 Å². The number of benzene rings is 2. The maximum Gasteiger partial charge on any atom is 0.251 e. The van der Waals surface area contributed by atoms with E-state index in [1.54, 1.807) is 14.2 Å². The van der Waals surface area contributed by atoms with E-state index in [1.807, 2.05) is 53.9 Å². The normalized spacial score (nSPS) is 14.6. The van der Waals surface area contributed by atoms with Gasteiger partial charge < -0.3 is 14.8 Å². The van der Waals surface area contributed by atoms with Crippen LogP contribution >= 0.6 is 23.5 Å². The predicted molar refractivity (Wildman–Crippen MR) is 114 cm³/mol. The quantitative estimate of drug-likeness (QED) is 0.735. The first-order valence-corrected chi connectivity index (χ1v) is 11.1. The van der Waals surface area contributed by atoms with Gasteiger partial charge in [0.1, 0.15) is 0 Å². The third-order valence-electron chi connectivity index (χ3n) is 4.42. The van der Waals surface area contributed by atoms with Crippen molar-refractivity contribution in [2.45, 2.75) is 17.4 Å². The Hall–Kier alpha value is -1.79. The molecule has 0 aromatic heterocycles. The number of nitrogens with one attached hydrogen (secondary N) is 1. The monoisotopic (exact) mass is 403 g/mol. The van der Waals surface area contributed by atoms with Gasteiger partial charge >= 0.3 is 0 Å². The highest BCUT2D eigenvalue weighted by Crippen LogP contribution is 2.43. The number of rotatable bonds is 7. The van der Waals surface area contributed by atoms with Crippen LogP contribution in [-0.4, -0.2) is 38.2 Å². The van der Waals surface area contributed by atoms with Crippen molar-refractivity contribution in [3.63, 3.8) is 0 Å². The molecule has 1 aliphatic heterocycles. The molecule has 1 aliphatic rings. The van der Waals surface area contributed by atoms with Gasteiger partial charge in [-0.2, -0.15) is 0 Å². The van der Waals surface area contributed by atoms with E-state index in [9.17, 15) is 4.79 Å². The number of methoxy groups -OCH3 is 2. The summed E-state index contributed by atoms with van der Waals surface area (Å²) in [6, 6.07) is 13.8. The van der Waals surface area contributed by atoms with Crippen molar-refractivity contribution in [1.82, 2.24) is 5.32 Å². The predicted octanol–water partition coefficient (Wildman–Crippen LogP) is 4.55. The minimum absolute atomic E-state index is 0.0361. The molecule has 2 aromatic carbocycles. The van der Waals surface area contributed by atoms with Crippen LogP contribution in [0, 0.1) is 0 Å². The lowest BCUT2D eigenvalue weighted by Gasteiger charge is -2.21. The van der Waals surface area contributed by atoms with Crippen LogP contribution in [0.3, 0.4) is 0 Å². The number of hydrogen-bond donors (Lipinski definition) is 1. The van der Waals surface area contributed by atoms with Gasteiger partial charge in [0, 0.05) is 12.1 Å². The Balaban J connectivity index is 1.52. The Morgan fingerprint density at radius 2 is 1.74 bits per heavy atom. The van der Waals surface area contributed by atoms with Crippen LogP contribution in [0.2, 0.25) is 0 Å². The number of carbonyl (C=O) groups excluding carboxylic acids is 1. The van der Waals surface area contributed by atoms with Crippen LogP contribution in [-0.2, 0) is 6.42 Å². The topological polar surface area (TPSA) is 47.6 Å². The van der Waals surface area contributed by atoms with Crippen molar-refractivity contribution in [2.24, 2.45) is 0 Å². The zero-order valence-corrected chi connectivity index (χ0v) is 17.3. The number of amides is 1. The summed E-state index contributed by atoms with van der Waals surface area (Å²) in [4.78, 5) is 12.4. The van der Waals surface area contributed by atoms with Gasteiger partial charge in [0.25, 0.3) is 5.91 Å². The van der Waals surface area contributed by atoms with E-state index in [0.29, 0.717) is 28.2 Å². The Labute approximate surface area is 169 Å². The van der Waals surface area contributed by atoms with Crippen molar-refractivity contribution >= 4 is 29.4 Å². The van der Waals surface area contributed by atoms with Crippen LogP contribution in [0.25, 0.3) is 0 Å². The fourth-order valence-electron chi connectivity index (χ4n) is 2.93. The third kappa shape index (κ3) is 5.36. The second-order valence-electron chi connectivity index (χ2n) is 6.24. The maximum atomic E-state index is 12.4. The molecule has 27 heavy (non-hydrogen) atoms. The molecule has 1 saturated heterocycles. The molecule has 4 nitrogen and oxygen atoms in total. The molecule has 0 spiro atoms. The SMILES string of the molecule is COc1ccc(CCNC(=O)c2ccc(C3SCCCS3)cc2)cc1OC. The lowest BCUT2D eigenvalue weighted by atomic mass is 10.1. The van der Waals surface area contributed by atoms with Crippen molar-refractivity contribution in [1.29, 1.82) is 0 Å². The smallest absolute Gasteiger partial charge is 0.251 e. The number of hydrogen-bond acceptors (Lipinski definition) is 5. The zero-order valence-electron chi connectivity index (χ0n) is 15.7. The van der Waals surface area contributed by atoms with Crippen molar-refractivity contribution in [2.75, 3.05) is 32.3 Å². The van der Waals surface area contributed by atoms with Crippen molar-refractivity contribution in [3.05, 3.63) is 59.2 Å². The molecule has 1 N–H and O–H groups in total. The summed E-state index contributed by atoms with van der Waals surface area (Å²) in [5, 5.41) is 2.99. The summed E-state index contributed by atoms with van der Waals surface area (Å²) >= 11 is 3.98. The molecule has 1 fully saturated rings. The van der Waals surface area contributed by atoms with Gasteiger partial charge in [-0.05, 0) is 59.7 Å². The van der Waals surface area contributed by atoms with Crippen LogP contribution in [0.1, 0.15) is 32.5 Å². The Morgan fingerprint density at radius 3 is 2.41 bits per heavy atom. The average Bonchev–Trinajstić information content (AvgIpc) is 2.74. The molecule has 2 aromatic rings. The van der Waals surface area contributed by atoms with E-state index in [2.05, 4.69) is 17.4 Å². The molecule has 0 saturated carbocycles. The van der Waals surface area contributed by atoms with E-state index in [4.69, 9.17) is 9.47 Å². The molecule has 0 atom stereocenters. The van der Waals surface area contributed by atoms with Crippen LogP contribution in [0.4, 0.5) is 0 Å². The number of carbonyl (C=O) groups is 1. The van der Waals surface area contributed by atoms with Gasteiger partial charge in [-0.15, -0.1) is 23.5 Å². The Bertz CT molecular complexity index is 759. The molecule has 0 radical (unpaired) electrons. The van der Waals surface area contributed by atoms with Crippen molar-refractivity contribution in [3.8, 4) is 11.5 Å². The highest BCUT2D eigenvalue weighted by atomic mass is 32.2. The molecular formula is C21H25NO3S2. The summed E-state index contributed by atoms with van der Waals surface area (Å²) in [6.45, 7) is 0.574. The van der Waals surface area contributed by atoms with Crippen molar-refractivity contribution < 1.29 is 14.3 Å². The minimum Gasteiger partial charge on any atom is -0.493 e. The maximum absolute atomic E-state index is 12.4. The highest BCUT2D eigenvalue weighted by molar-refractivity contribution is 8.16. The molecule has 0 bridgehead atoms. The van der Waals surface area contributed by atoms with E-state index in [1.165, 1.54) is 23.5 Å². The lowest BCUT2D eigenvalue weighted by molar-refractivity contribution is 0.0954. The van der Waals surface area contributed by atoms with Gasteiger partial charge in [0.2, 0.25) is 0 Å². The lowest BCUT2D eigenvalue weighted by Crippen LogP contribution is -2.25. The van der Waals surface area contributed by atoms with Gasteiger partial charge in [-0.25, -0.2) is 0 Å². The summed E-state index contributed by atoms with van der Waals surface area (Å²) in [5.41, 5.74) is 3.10. The van der Waals surface area contributed by atoms with E-state index >= 15 is 0 Å². The highest BCUT2D eigenvalue weighted by Gasteiger charge is 2.17. The molecule has 1 heterocycles. The van der Waals surface area contributed by atoms with E-state index in [-0.39, 0.29) is 5.91 Å². The zero-order chi connectivity index (χ0) is 19.1. The molecular weight excluding hydrogens is 378 g/mol. The van der Waals surface area contributed by atoms with Crippen LogP contribution < -0.4 is 14.8 Å². The second-order valence-corrected chi connectivity index (χ2v) is 8.97. The molecule has 0 aliphatic carbocycles. The molecule has 0 unspecified atom stereocenters. The average molecular weight is 404 g/mol. The Morgan fingerprint density at radius 1 is 1.04 bits per heavy atom. The molecule has 144 valence electrons. The summed E-state index contributed by atoms with van der Waals surface area (Å²) in [5.74, 6) is 3.81. The van der Waals surface area contributed by atoms with Gasteiger partial charge in [-0.1, -0.05) is 18.2 Å². The summed E-state index contributed by atoms with van der Waals surface area (Å²) in [7, 11) is 3.24. The standard InChI is InChI=1S/C21H25NO3S2/c1-24-18-9-4-15(14-19(18)25-2)10-11-22-20(23)16-5-7-17(8-6-16)21-26-12-3-13-27-21/h4-9,14,21H,3,10-13H2,1-2H3,(H,22,23). The largest absolute Gasteiger partial charge is 0.493 e. The van der Waals surface area contributed by atoms with Crippen LogP contribution in [0.15, 0.2) is 42.5 Å². The first-order chi connectivity index (χ1) is 13.2. The molecule has 3 rings (SSSR count). The third-order valence-corrected chi connectivity index (χ3v) is 7.43. The van der Waals surface area contributed by atoms with Gasteiger partial charge in [0.15, 0.2) is 11.5 Å². The first-order valence-electron chi connectivity index (χ1n) is 9.03. The Kier molecular flexibility index (Phi) is 7.35. The molecule has 6 heteroatoms. The fraction of sp³-hybridized carbons (Fsp3) is 0.381. The van der Waals surface area contributed by atoms with Gasteiger partial charge in [-0.3, -0.25) is 4.79 Å². The fourth-order valence-corrected chi connectivity index (χ4v) is 5.82. The second kappa shape index (κ2) is 9.95. The number of thioether (sulfide) groups is 2.